The molecule has 0 saturated heterocycles. The zero-order chi connectivity index (χ0) is 15.3. The highest BCUT2D eigenvalue weighted by Crippen LogP contribution is 2.23. The van der Waals surface area contributed by atoms with Crippen LogP contribution in [0.3, 0.4) is 0 Å². The lowest BCUT2D eigenvalue weighted by Gasteiger charge is -2.20. The van der Waals surface area contributed by atoms with E-state index in [9.17, 15) is 14.4 Å². The molecule has 0 aliphatic rings. The number of carbonyl (C=O) groups excluding carboxylic acids is 2. The van der Waals surface area contributed by atoms with Crippen LogP contribution >= 0.6 is 0 Å². The molecule has 2 N–H and O–H groups in total. The quantitative estimate of drug-likeness (QED) is 0.821. The highest BCUT2D eigenvalue weighted by molar-refractivity contribution is 5.99. The minimum atomic E-state index is -1.23. The number of hydrogen-bond acceptors (Lipinski definition) is 5. The first-order valence-corrected chi connectivity index (χ1v) is 5.70. The van der Waals surface area contributed by atoms with E-state index in [2.05, 4.69) is 10.1 Å². The Hall–Kier alpha value is -2.57. The second kappa shape index (κ2) is 6.05. The second-order valence-corrected chi connectivity index (χ2v) is 4.85. The smallest absolute Gasteiger partial charge is 0.412 e. The van der Waals surface area contributed by atoms with Gasteiger partial charge in [0, 0.05) is 6.07 Å². The molecule has 108 valence electrons. The van der Waals surface area contributed by atoms with Crippen LogP contribution in [0.2, 0.25) is 0 Å². The first-order valence-electron chi connectivity index (χ1n) is 5.70. The van der Waals surface area contributed by atoms with E-state index in [1.807, 2.05) is 0 Å². The van der Waals surface area contributed by atoms with Gasteiger partial charge in [-0.15, -0.1) is 0 Å². The van der Waals surface area contributed by atoms with Crippen molar-refractivity contribution in [3.05, 3.63) is 23.8 Å². The summed E-state index contributed by atoms with van der Waals surface area (Å²) in [6.45, 7) is 5.23. The number of carboxylic acids is 1. The summed E-state index contributed by atoms with van der Waals surface area (Å²) in [5, 5.41) is 11.3. The maximum atomic E-state index is 11.6. The van der Waals surface area contributed by atoms with Crippen LogP contribution in [-0.4, -0.2) is 29.2 Å². The molecule has 0 aliphatic carbocycles. The summed E-state index contributed by atoms with van der Waals surface area (Å²) in [7, 11) is 0. The molecule has 1 aromatic carbocycles. The van der Waals surface area contributed by atoms with Crippen molar-refractivity contribution in [3.63, 3.8) is 0 Å². The fourth-order valence-electron chi connectivity index (χ4n) is 1.36. The highest BCUT2D eigenvalue weighted by Gasteiger charge is 2.19. The highest BCUT2D eigenvalue weighted by atomic mass is 16.6. The predicted molar refractivity (Wildman–Crippen MR) is 70.0 cm³/mol. The van der Waals surface area contributed by atoms with Crippen LogP contribution in [0.15, 0.2) is 18.2 Å². The third kappa shape index (κ3) is 4.60. The SMILES string of the molecule is CC(C)(C)OC(=O)Nc1cc(OC=O)ccc1C(=O)O. The normalized spacial score (nSPS) is 10.6. The zero-order valence-electron chi connectivity index (χ0n) is 11.3. The second-order valence-electron chi connectivity index (χ2n) is 4.85. The average Bonchev–Trinajstić information content (AvgIpc) is 2.26. The Balaban J connectivity index is 3.01. The van der Waals surface area contributed by atoms with Crippen molar-refractivity contribution in [2.75, 3.05) is 5.32 Å². The van der Waals surface area contributed by atoms with Gasteiger partial charge in [0.1, 0.15) is 11.4 Å². The van der Waals surface area contributed by atoms with Gasteiger partial charge < -0.3 is 14.6 Å². The van der Waals surface area contributed by atoms with E-state index in [0.29, 0.717) is 0 Å². The average molecular weight is 281 g/mol. The van der Waals surface area contributed by atoms with Gasteiger partial charge in [-0.05, 0) is 32.9 Å². The van der Waals surface area contributed by atoms with Crippen LogP contribution in [-0.2, 0) is 9.53 Å². The van der Waals surface area contributed by atoms with Crippen LogP contribution in [0.4, 0.5) is 10.5 Å². The Morgan fingerprint density at radius 3 is 2.45 bits per heavy atom. The van der Waals surface area contributed by atoms with Crippen LogP contribution in [0.1, 0.15) is 31.1 Å². The third-order valence-corrected chi connectivity index (χ3v) is 2.04. The number of anilines is 1. The summed E-state index contributed by atoms with van der Waals surface area (Å²) < 4.78 is 9.62. The lowest BCUT2D eigenvalue weighted by atomic mass is 10.1. The fourth-order valence-corrected chi connectivity index (χ4v) is 1.36. The molecule has 0 saturated carbocycles. The van der Waals surface area contributed by atoms with Gasteiger partial charge >= 0.3 is 12.1 Å². The van der Waals surface area contributed by atoms with Crippen molar-refractivity contribution >= 4 is 24.2 Å². The van der Waals surface area contributed by atoms with E-state index >= 15 is 0 Å². The number of carbonyl (C=O) groups is 3. The van der Waals surface area contributed by atoms with E-state index in [-0.39, 0.29) is 23.5 Å². The summed E-state index contributed by atoms with van der Waals surface area (Å²) in [6, 6.07) is 3.74. The molecule has 0 heterocycles. The van der Waals surface area contributed by atoms with E-state index in [4.69, 9.17) is 9.84 Å². The van der Waals surface area contributed by atoms with E-state index in [1.165, 1.54) is 18.2 Å². The van der Waals surface area contributed by atoms with Crippen molar-refractivity contribution in [2.45, 2.75) is 26.4 Å². The number of carboxylic acid groups (broad SMARTS) is 1. The van der Waals surface area contributed by atoms with E-state index in [0.717, 1.165) is 0 Å². The Labute approximate surface area is 115 Å². The molecular formula is C13H15NO6. The molecule has 0 atom stereocenters. The van der Waals surface area contributed by atoms with Gasteiger partial charge in [-0.25, -0.2) is 9.59 Å². The third-order valence-electron chi connectivity index (χ3n) is 2.04. The number of rotatable bonds is 4. The largest absolute Gasteiger partial charge is 0.478 e. The van der Waals surface area contributed by atoms with Gasteiger partial charge in [-0.1, -0.05) is 0 Å². The Kier molecular flexibility index (Phi) is 4.68. The number of ether oxygens (including phenoxy) is 2. The fraction of sp³-hybridized carbons (Fsp3) is 0.308. The van der Waals surface area contributed by atoms with Crippen molar-refractivity contribution in [2.24, 2.45) is 0 Å². The van der Waals surface area contributed by atoms with Crippen LogP contribution < -0.4 is 10.1 Å². The summed E-state index contributed by atoms with van der Waals surface area (Å²) >= 11 is 0. The van der Waals surface area contributed by atoms with Gasteiger partial charge in [-0.3, -0.25) is 10.1 Å². The van der Waals surface area contributed by atoms with Crippen LogP contribution in [0, 0.1) is 0 Å². The standard InChI is InChI=1S/C13H15NO6/c1-13(2,3)20-12(18)14-10-6-8(19-7-15)4-5-9(10)11(16)17/h4-7H,1-3H3,(H,14,18)(H,16,17). The molecule has 20 heavy (non-hydrogen) atoms. The van der Waals surface area contributed by atoms with E-state index in [1.54, 1.807) is 20.8 Å². The summed E-state index contributed by atoms with van der Waals surface area (Å²) in [5.74, 6) is -1.12. The molecular weight excluding hydrogens is 266 g/mol. The van der Waals surface area contributed by atoms with Gasteiger partial charge in [0.2, 0.25) is 0 Å². The summed E-state index contributed by atoms with van der Waals surface area (Å²) in [6.07, 6.45) is -0.803. The molecule has 0 fully saturated rings. The van der Waals surface area contributed by atoms with Gasteiger partial charge in [0.05, 0.1) is 11.3 Å². The van der Waals surface area contributed by atoms with Gasteiger partial charge in [0.25, 0.3) is 6.47 Å². The van der Waals surface area contributed by atoms with E-state index < -0.39 is 17.7 Å². The van der Waals surface area contributed by atoms with Crippen molar-refractivity contribution < 1.29 is 29.0 Å². The number of benzene rings is 1. The molecule has 0 unspecified atom stereocenters. The molecule has 1 rings (SSSR count). The Bertz CT molecular complexity index is 532. The molecule has 7 nitrogen and oxygen atoms in total. The molecule has 0 aliphatic heterocycles. The lowest BCUT2D eigenvalue weighted by molar-refractivity contribution is -0.120. The first-order chi connectivity index (χ1) is 9.23. The summed E-state index contributed by atoms with van der Waals surface area (Å²) in [4.78, 5) is 33.0. The molecule has 7 heteroatoms. The number of amides is 1. The molecule has 0 aromatic heterocycles. The first kappa shape index (κ1) is 15.5. The van der Waals surface area contributed by atoms with Gasteiger partial charge in [-0.2, -0.15) is 0 Å². The number of nitrogens with one attached hydrogen (secondary N) is 1. The number of hydrogen-bond donors (Lipinski definition) is 2. The predicted octanol–water partition coefficient (Wildman–Crippen LogP) is 2.27. The molecule has 0 radical (unpaired) electrons. The monoisotopic (exact) mass is 281 g/mol. The maximum Gasteiger partial charge on any atom is 0.412 e. The Morgan fingerprint density at radius 2 is 1.95 bits per heavy atom. The number of aromatic carboxylic acids is 1. The molecule has 0 spiro atoms. The molecule has 0 bridgehead atoms. The molecule has 1 aromatic rings. The minimum absolute atomic E-state index is 0.0221. The lowest BCUT2D eigenvalue weighted by Crippen LogP contribution is -2.27. The van der Waals surface area contributed by atoms with Crippen molar-refractivity contribution in [1.82, 2.24) is 0 Å². The maximum absolute atomic E-state index is 11.6. The van der Waals surface area contributed by atoms with Gasteiger partial charge in [0.15, 0.2) is 0 Å². The Morgan fingerprint density at radius 1 is 1.30 bits per heavy atom. The zero-order valence-corrected chi connectivity index (χ0v) is 11.3. The topological polar surface area (TPSA) is 102 Å². The van der Waals surface area contributed by atoms with Crippen molar-refractivity contribution in [1.29, 1.82) is 0 Å². The minimum Gasteiger partial charge on any atom is -0.478 e. The summed E-state index contributed by atoms with van der Waals surface area (Å²) in [5.41, 5.74) is -0.884. The molecule has 1 amide bonds. The van der Waals surface area contributed by atoms with Crippen LogP contribution in [0.5, 0.6) is 5.75 Å². The van der Waals surface area contributed by atoms with Crippen molar-refractivity contribution in [3.8, 4) is 5.75 Å². The van der Waals surface area contributed by atoms with Crippen LogP contribution in [0.25, 0.3) is 0 Å².